The normalized spacial score (nSPS) is 18.2. The summed E-state index contributed by atoms with van der Waals surface area (Å²) in [5.74, 6) is -1.80. The van der Waals surface area contributed by atoms with E-state index < -0.39 is 23.4 Å². The molecule has 0 saturated carbocycles. The van der Waals surface area contributed by atoms with Crippen molar-refractivity contribution in [2.75, 3.05) is 19.1 Å². The van der Waals surface area contributed by atoms with E-state index in [1.807, 2.05) is 60.7 Å². The van der Waals surface area contributed by atoms with Crippen LogP contribution in [-0.4, -0.2) is 26.2 Å². The lowest BCUT2D eigenvalue weighted by Crippen LogP contribution is -2.59. The predicted octanol–water partition coefficient (Wildman–Crippen LogP) is 4.54. The van der Waals surface area contributed by atoms with Crippen LogP contribution >= 0.6 is 0 Å². The smallest absolute Gasteiger partial charge is 0.336 e. The zero-order valence-corrected chi connectivity index (χ0v) is 17.9. The number of fused-ring (bicyclic) bond motifs is 3. The van der Waals surface area contributed by atoms with Crippen LogP contribution in [0.15, 0.2) is 96.2 Å². The molecule has 0 aliphatic carbocycles. The maximum Gasteiger partial charge on any atom is 0.336 e. The Labute approximate surface area is 186 Å². The van der Waals surface area contributed by atoms with E-state index in [9.17, 15) is 9.59 Å². The van der Waals surface area contributed by atoms with E-state index in [1.54, 1.807) is 0 Å². The zero-order chi connectivity index (χ0) is 22.3. The number of rotatable bonds is 4. The standard InChI is InChI=1S/C27H23NO4/c1-31-25(29)23-20-15-9-10-16-21(20)28-22(24(23)26(30)32-2)17-27(28,18-11-5-3-6-12-18)19-13-7-4-8-14-19/h3-16,23H,17H2,1-2H3. The Morgan fingerprint density at radius 3 is 1.94 bits per heavy atom. The fourth-order valence-corrected chi connectivity index (χ4v) is 5.13. The van der Waals surface area contributed by atoms with Crippen molar-refractivity contribution in [3.05, 3.63) is 113 Å². The molecule has 0 N–H and O–H groups in total. The van der Waals surface area contributed by atoms with E-state index in [4.69, 9.17) is 9.47 Å². The Morgan fingerprint density at radius 1 is 0.812 bits per heavy atom. The summed E-state index contributed by atoms with van der Waals surface area (Å²) < 4.78 is 10.2. The molecular formula is C27H23NO4. The molecule has 160 valence electrons. The van der Waals surface area contributed by atoms with Gasteiger partial charge in [0.25, 0.3) is 0 Å². The van der Waals surface area contributed by atoms with Gasteiger partial charge >= 0.3 is 11.9 Å². The SMILES string of the molecule is COC(=O)C1=C2CC(c3ccccc3)(c3ccccc3)N2c2ccccc2C1C(=O)OC. The number of carbonyl (C=O) groups excluding carboxylic acids is 2. The monoisotopic (exact) mass is 425 g/mol. The number of ether oxygens (including phenoxy) is 2. The number of nitrogens with zero attached hydrogens (tertiary/aromatic N) is 1. The summed E-state index contributed by atoms with van der Waals surface area (Å²) >= 11 is 0. The van der Waals surface area contributed by atoms with Gasteiger partial charge in [0.05, 0.1) is 19.8 Å². The Balaban J connectivity index is 1.82. The quantitative estimate of drug-likeness (QED) is 0.575. The topological polar surface area (TPSA) is 55.8 Å². The third-order valence-corrected chi connectivity index (χ3v) is 6.51. The van der Waals surface area contributed by atoms with Gasteiger partial charge in [0.2, 0.25) is 0 Å². The number of methoxy groups -OCH3 is 2. The van der Waals surface area contributed by atoms with Crippen molar-refractivity contribution in [2.45, 2.75) is 17.9 Å². The fourth-order valence-electron chi connectivity index (χ4n) is 5.13. The average Bonchev–Trinajstić information content (AvgIpc) is 2.84. The first kappa shape index (κ1) is 20.1. The molecule has 0 radical (unpaired) electrons. The van der Waals surface area contributed by atoms with Crippen LogP contribution < -0.4 is 4.90 Å². The minimum absolute atomic E-state index is 0.348. The zero-order valence-electron chi connectivity index (χ0n) is 17.9. The predicted molar refractivity (Wildman–Crippen MR) is 121 cm³/mol. The molecule has 2 heterocycles. The second-order valence-electron chi connectivity index (χ2n) is 7.97. The molecule has 0 aromatic heterocycles. The molecular weight excluding hydrogens is 402 g/mol. The van der Waals surface area contributed by atoms with Crippen molar-refractivity contribution in [2.24, 2.45) is 0 Å². The molecule has 2 aliphatic rings. The number of para-hydroxylation sites is 1. The summed E-state index contributed by atoms with van der Waals surface area (Å²) in [5, 5.41) is 0. The first-order valence-corrected chi connectivity index (χ1v) is 10.5. The molecule has 1 saturated heterocycles. The van der Waals surface area contributed by atoms with Crippen LogP contribution in [0.25, 0.3) is 0 Å². The molecule has 5 rings (SSSR count). The Morgan fingerprint density at radius 2 is 1.38 bits per heavy atom. The highest BCUT2D eigenvalue weighted by atomic mass is 16.5. The van der Waals surface area contributed by atoms with Crippen molar-refractivity contribution in [3.8, 4) is 0 Å². The largest absolute Gasteiger partial charge is 0.468 e. The highest BCUT2D eigenvalue weighted by Gasteiger charge is 2.57. The van der Waals surface area contributed by atoms with Gasteiger partial charge in [-0.2, -0.15) is 0 Å². The van der Waals surface area contributed by atoms with Crippen LogP contribution in [0, 0.1) is 0 Å². The van der Waals surface area contributed by atoms with E-state index in [0.717, 1.165) is 28.1 Å². The summed E-state index contributed by atoms with van der Waals surface area (Å²) in [5.41, 5.74) is 4.49. The highest BCUT2D eigenvalue weighted by Crippen LogP contribution is 2.60. The van der Waals surface area contributed by atoms with Crippen LogP contribution in [0.4, 0.5) is 5.69 Å². The van der Waals surface area contributed by atoms with Gasteiger partial charge in [-0.1, -0.05) is 78.9 Å². The van der Waals surface area contributed by atoms with Crippen molar-refractivity contribution >= 4 is 17.6 Å². The fraction of sp³-hybridized carbons (Fsp3) is 0.185. The maximum atomic E-state index is 13.0. The lowest BCUT2D eigenvalue weighted by molar-refractivity contribution is -0.145. The molecule has 0 spiro atoms. The molecule has 1 fully saturated rings. The average molecular weight is 425 g/mol. The van der Waals surface area contributed by atoms with Crippen LogP contribution in [0.5, 0.6) is 0 Å². The van der Waals surface area contributed by atoms with Gasteiger partial charge in [-0.05, 0) is 22.8 Å². The summed E-state index contributed by atoms with van der Waals surface area (Å²) in [6.45, 7) is 0. The van der Waals surface area contributed by atoms with E-state index in [2.05, 4.69) is 29.2 Å². The molecule has 1 atom stereocenters. The van der Waals surface area contributed by atoms with Crippen LogP contribution in [0.3, 0.4) is 0 Å². The second kappa shape index (κ2) is 7.68. The Hall–Kier alpha value is -3.86. The van der Waals surface area contributed by atoms with Crippen molar-refractivity contribution in [1.29, 1.82) is 0 Å². The second-order valence-corrected chi connectivity index (χ2v) is 7.97. The number of anilines is 1. The van der Waals surface area contributed by atoms with Crippen LogP contribution in [-0.2, 0) is 24.6 Å². The van der Waals surface area contributed by atoms with E-state index >= 15 is 0 Å². The van der Waals surface area contributed by atoms with Crippen molar-refractivity contribution in [1.82, 2.24) is 0 Å². The molecule has 5 heteroatoms. The minimum atomic E-state index is -0.820. The summed E-state index contributed by atoms with van der Waals surface area (Å²) in [6, 6.07) is 28.2. The van der Waals surface area contributed by atoms with Gasteiger partial charge in [0, 0.05) is 17.8 Å². The molecule has 32 heavy (non-hydrogen) atoms. The Kier molecular flexibility index (Phi) is 4.82. The molecule has 1 unspecified atom stereocenters. The van der Waals surface area contributed by atoms with Gasteiger partial charge in [0.15, 0.2) is 0 Å². The van der Waals surface area contributed by atoms with Crippen molar-refractivity contribution < 1.29 is 19.1 Å². The summed E-state index contributed by atoms with van der Waals surface area (Å²) in [4.78, 5) is 28.0. The third kappa shape index (κ3) is 2.71. The highest BCUT2D eigenvalue weighted by molar-refractivity contribution is 6.03. The van der Waals surface area contributed by atoms with Gasteiger partial charge in [-0.3, -0.25) is 4.79 Å². The van der Waals surface area contributed by atoms with Gasteiger partial charge in [0.1, 0.15) is 11.5 Å². The number of carbonyl (C=O) groups is 2. The van der Waals surface area contributed by atoms with Gasteiger partial charge in [-0.15, -0.1) is 0 Å². The van der Waals surface area contributed by atoms with Crippen LogP contribution in [0.2, 0.25) is 0 Å². The van der Waals surface area contributed by atoms with Crippen LogP contribution in [0.1, 0.15) is 29.0 Å². The van der Waals surface area contributed by atoms with E-state index in [-0.39, 0.29) is 0 Å². The molecule has 0 bridgehead atoms. The number of hydrogen-bond donors (Lipinski definition) is 0. The first-order valence-electron chi connectivity index (χ1n) is 10.5. The Bertz CT molecular complexity index is 1180. The molecule has 3 aromatic carbocycles. The maximum absolute atomic E-state index is 13.0. The third-order valence-electron chi connectivity index (χ3n) is 6.51. The summed E-state index contributed by atoms with van der Waals surface area (Å²) in [7, 11) is 2.69. The molecule has 0 amide bonds. The molecule has 2 aliphatic heterocycles. The minimum Gasteiger partial charge on any atom is -0.468 e. The van der Waals surface area contributed by atoms with Gasteiger partial charge < -0.3 is 14.4 Å². The summed E-state index contributed by atoms with van der Waals surface area (Å²) in [6.07, 6.45) is 0.563. The van der Waals surface area contributed by atoms with Gasteiger partial charge in [-0.25, -0.2) is 4.79 Å². The molecule has 3 aromatic rings. The first-order chi connectivity index (χ1) is 15.6. The van der Waals surface area contributed by atoms with E-state index in [0.29, 0.717) is 12.0 Å². The lowest BCUT2D eigenvalue weighted by atomic mass is 9.66. The van der Waals surface area contributed by atoms with Crippen molar-refractivity contribution in [3.63, 3.8) is 0 Å². The lowest BCUT2D eigenvalue weighted by Gasteiger charge is -2.59. The number of benzene rings is 3. The molecule has 5 nitrogen and oxygen atoms in total. The number of esters is 2. The number of hydrogen-bond acceptors (Lipinski definition) is 5. The van der Waals surface area contributed by atoms with E-state index in [1.165, 1.54) is 14.2 Å².